The summed E-state index contributed by atoms with van der Waals surface area (Å²) in [6, 6.07) is 18.7. The number of pyridine rings is 2. The molecule has 0 amide bonds. The predicted molar refractivity (Wildman–Crippen MR) is 139 cm³/mol. The van der Waals surface area contributed by atoms with E-state index in [0.29, 0.717) is 33.9 Å². The van der Waals surface area contributed by atoms with E-state index < -0.39 is 0 Å². The highest BCUT2D eigenvalue weighted by atomic mass is 16.4. The molecule has 2 aromatic carbocycles. The van der Waals surface area contributed by atoms with Crippen LogP contribution in [-0.2, 0) is 7.05 Å². The van der Waals surface area contributed by atoms with Crippen LogP contribution >= 0.6 is 0 Å². The van der Waals surface area contributed by atoms with E-state index in [1.807, 2.05) is 61.5 Å². The number of nitrogens with zero attached hydrogens (tertiary/aromatic N) is 4. The molecule has 0 saturated carbocycles. The smallest absolute Gasteiger partial charge is 0.361 e. The minimum atomic E-state index is -0.333. The van der Waals surface area contributed by atoms with Gasteiger partial charge in [0.1, 0.15) is 11.4 Å². The molecule has 0 unspecified atom stereocenters. The van der Waals surface area contributed by atoms with E-state index in [9.17, 15) is 4.79 Å². The van der Waals surface area contributed by atoms with Crippen molar-refractivity contribution in [2.24, 2.45) is 7.05 Å². The largest absolute Gasteiger partial charge is 0.398 e. The molecule has 5 rings (SSSR count). The fourth-order valence-electron chi connectivity index (χ4n) is 4.30. The molecule has 1 atom stereocenters. The number of nitrogen functional groups attached to an aromatic ring is 1. The van der Waals surface area contributed by atoms with Crippen LogP contribution in [0.15, 0.2) is 82.5 Å². The highest BCUT2D eigenvalue weighted by molar-refractivity contribution is 5.88. The molecule has 3 aromatic heterocycles. The standard InChI is InChI=1S/C28H25N6O2/c1-4-9-19-10-8-11-20-16-23(34(28(35)24(19)20)21-12-6-5-7-13-21)18(2)31-26-25(22(29)14-15-30-26)27-32-33(3)17-36-27/h5-8,10-18H,1-3H3,(H3,29,30,31)/q+1/t18-/m0/s1. The van der Waals surface area contributed by atoms with Crippen molar-refractivity contribution in [2.75, 3.05) is 11.1 Å². The second-order valence-electron chi connectivity index (χ2n) is 8.38. The molecule has 36 heavy (non-hydrogen) atoms. The fraction of sp³-hybridized carbons (Fsp3) is 0.143. The zero-order valence-electron chi connectivity index (χ0n) is 20.2. The van der Waals surface area contributed by atoms with E-state index in [-0.39, 0.29) is 11.6 Å². The lowest BCUT2D eigenvalue weighted by molar-refractivity contribution is -0.730. The van der Waals surface area contributed by atoms with Crippen LogP contribution in [0, 0.1) is 11.8 Å². The number of para-hydroxylation sites is 1. The number of nitrogens with two attached hydrogens (primary N) is 1. The minimum Gasteiger partial charge on any atom is -0.398 e. The first-order valence-electron chi connectivity index (χ1n) is 11.5. The fourth-order valence-corrected chi connectivity index (χ4v) is 4.30. The van der Waals surface area contributed by atoms with Gasteiger partial charge in [0.05, 0.1) is 11.4 Å². The van der Waals surface area contributed by atoms with Crippen LogP contribution in [0.1, 0.15) is 31.1 Å². The molecule has 0 fully saturated rings. The predicted octanol–water partition coefficient (Wildman–Crippen LogP) is 3.99. The number of aryl methyl sites for hydroxylation is 1. The lowest BCUT2D eigenvalue weighted by Crippen LogP contribution is -2.28. The first kappa shape index (κ1) is 22.9. The normalized spacial score (nSPS) is 11.6. The number of hydrogen-bond acceptors (Lipinski definition) is 6. The molecule has 3 N–H and O–H groups in total. The Labute approximate surface area is 208 Å². The van der Waals surface area contributed by atoms with Crippen molar-refractivity contribution >= 4 is 22.3 Å². The Morgan fingerprint density at radius 2 is 1.94 bits per heavy atom. The van der Waals surface area contributed by atoms with Crippen LogP contribution in [0.5, 0.6) is 0 Å². The van der Waals surface area contributed by atoms with E-state index >= 15 is 0 Å². The van der Waals surface area contributed by atoms with Crippen LogP contribution in [-0.4, -0.2) is 14.6 Å². The Balaban J connectivity index is 1.70. The van der Waals surface area contributed by atoms with Gasteiger partial charge in [-0.3, -0.25) is 9.36 Å². The first-order chi connectivity index (χ1) is 17.5. The summed E-state index contributed by atoms with van der Waals surface area (Å²) in [6.07, 6.45) is 3.11. The number of anilines is 2. The van der Waals surface area contributed by atoms with E-state index in [4.69, 9.17) is 10.2 Å². The second-order valence-corrected chi connectivity index (χ2v) is 8.38. The molecule has 3 heterocycles. The van der Waals surface area contributed by atoms with Crippen molar-refractivity contribution in [1.82, 2.24) is 14.6 Å². The summed E-state index contributed by atoms with van der Waals surface area (Å²) in [5.74, 6) is 6.83. The van der Waals surface area contributed by atoms with Crippen LogP contribution in [0.25, 0.3) is 27.9 Å². The lowest BCUT2D eigenvalue weighted by atomic mass is 10.0. The van der Waals surface area contributed by atoms with Gasteiger partial charge in [-0.2, -0.15) is 0 Å². The van der Waals surface area contributed by atoms with Crippen LogP contribution < -0.4 is 21.3 Å². The zero-order chi connectivity index (χ0) is 25.2. The summed E-state index contributed by atoms with van der Waals surface area (Å²) in [5, 5.41) is 9.18. The molecule has 0 aliphatic rings. The SMILES string of the molecule is CC#Cc1cccc2cc([C@H](C)Nc3nccc(N)c3-c3n[n+](C)co3)n(-c3ccccc3)c(=O)c12. The maximum atomic E-state index is 14.0. The van der Waals surface area contributed by atoms with Crippen LogP contribution in [0.3, 0.4) is 0 Å². The van der Waals surface area contributed by atoms with E-state index in [2.05, 4.69) is 27.2 Å². The molecule has 0 radical (unpaired) electrons. The molecule has 0 aliphatic carbocycles. The third-order valence-corrected chi connectivity index (χ3v) is 5.91. The van der Waals surface area contributed by atoms with Gasteiger partial charge in [-0.15, -0.1) is 5.92 Å². The van der Waals surface area contributed by atoms with Crippen molar-refractivity contribution in [2.45, 2.75) is 19.9 Å². The molecular formula is C28H25N6O2+. The van der Waals surface area contributed by atoms with E-state index in [1.54, 1.807) is 35.5 Å². The van der Waals surface area contributed by atoms with E-state index in [1.165, 1.54) is 6.39 Å². The minimum absolute atomic E-state index is 0.138. The summed E-state index contributed by atoms with van der Waals surface area (Å²) in [7, 11) is 1.76. The Morgan fingerprint density at radius 1 is 1.14 bits per heavy atom. The quantitative estimate of drug-likeness (QED) is 0.293. The molecule has 0 aliphatic heterocycles. The molecule has 0 bridgehead atoms. The molecule has 178 valence electrons. The Bertz CT molecular complexity index is 1690. The van der Waals surface area contributed by atoms with Crippen molar-refractivity contribution in [3.8, 4) is 29.0 Å². The summed E-state index contributed by atoms with van der Waals surface area (Å²) in [6.45, 7) is 3.74. The summed E-state index contributed by atoms with van der Waals surface area (Å²) in [4.78, 5) is 18.5. The number of nitrogens with one attached hydrogen (secondary N) is 1. The van der Waals surface area contributed by atoms with Gasteiger partial charge in [0, 0.05) is 33.9 Å². The van der Waals surface area contributed by atoms with Crippen molar-refractivity contribution in [3.63, 3.8) is 0 Å². The average molecular weight is 478 g/mol. The topological polar surface area (TPSA) is 103 Å². The van der Waals surface area contributed by atoms with Gasteiger partial charge in [0.15, 0.2) is 7.05 Å². The number of hydrogen-bond donors (Lipinski definition) is 2. The van der Waals surface area contributed by atoms with Crippen molar-refractivity contribution < 1.29 is 9.10 Å². The summed E-state index contributed by atoms with van der Waals surface area (Å²) >= 11 is 0. The van der Waals surface area contributed by atoms with Crippen molar-refractivity contribution in [1.29, 1.82) is 0 Å². The highest BCUT2D eigenvalue weighted by Crippen LogP contribution is 2.33. The molecule has 0 spiro atoms. The van der Waals surface area contributed by atoms with Gasteiger partial charge >= 0.3 is 12.3 Å². The third kappa shape index (κ3) is 4.07. The Kier molecular flexibility index (Phi) is 5.97. The van der Waals surface area contributed by atoms with Gasteiger partial charge < -0.3 is 15.5 Å². The second kappa shape index (κ2) is 9.39. The summed E-state index contributed by atoms with van der Waals surface area (Å²) in [5.41, 5.74) is 9.40. The number of rotatable bonds is 5. The molecule has 8 nitrogen and oxygen atoms in total. The summed E-state index contributed by atoms with van der Waals surface area (Å²) < 4.78 is 8.87. The molecule has 0 saturated heterocycles. The third-order valence-electron chi connectivity index (χ3n) is 5.91. The molecule has 8 heteroatoms. The lowest BCUT2D eigenvalue weighted by Gasteiger charge is -2.22. The van der Waals surface area contributed by atoms with Gasteiger partial charge in [0.2, 0.25) is 0 Å². The van der Waals surface area contributed by atoms with E-state index in [0.717, 1.165) is 16.8 Å². The van der Waals surface area contributed by atoms with Gasteiger partial charge in [-0.1, -0.05) is 40.9 Å². The van der Waals surface area contributed by atoms with Gasteiger partial charge in [0.25, 0.3) is 5.56 Å². The number of aromatic nitrogens is 4. The maximum absolute atomic E-state index is 14.0. The number of fused-ring (bicyclic) bond motifs is 1. The number of benzene rings is 2. The Hall–Kier alpha value is -4.90. The van der Waals surface area contributed by atoms with Gasteiger partial charge in [-0.05, 0) is 49.6 Å². The zero-order valence-corrected chi connectivity index (χ0v) is 20.2. The van der Waals surface area contributed by atoms with Crippen molar-refractivity contribution in [3.05, 3.63) is 94.9 Å². The maximum Gasteiger partial charge on any atom is 0.361 e. The van der Waals surface area contributed by atoms with Crippen LogP contribution in [0.4, 0.5) is 11.5 Å². The first-order valence-corrected chi connectivity index (χ1v) is 11.5. The van der Waals surface area contributed by atoms with Crippen LogP contribution in [0.2, 0.25) is 0 Å². The average Bonchev–Trinajstić information content (AvgIpc) is 3.30. The van der Waals surface area contributed by atoms with Gasteiger partial charge in [-0.25, -0.2) is 4.98 Å². The monoisotopic (exact) mass is 477 g/mol. The molecular weight excluding hydrogens is 452 g/mol. The highest BCUT2D eigenvalue weighted by Gasteiger charge is 2.23. The Morgan fingerprint density at radius 3 is 2.67 bits per heavy atom. The molecule has 5 aromatic rings.